The number of ketones is 1. The fourth-order valence-corrected chi connectivity index (χ4v) is 2.16. The molecule has 3 rings (SSSR count). The van der Waals surface area contributed by atoms with Crippen molar-refractivity contribution < 1.29 is 9.48 Å². The van der Waals surface area contributed by atoms with Crippen LogP contribution >= 0.6 is 11.6 Å². The first-order valence-corrected chi connectivity index (χ1v) is 6.63. The smallest absolute Gasteiger partial charge is 0.236 e. The lowest BCUT2D eigenvalue weighted by Gasteiger charge is -1.98. The molecular formula is C16H12ClN2O+. The molecule has 0 aliphatic heterocycles. The second kappa shape index (κ2) is 5.39. The second-order valence-corrected chi connectivity index (χ2v) is 4.97. The number of benzene rings is 2. The van der Waals surface area contributed by atoms with E-state index >= 15 is 0 Å². The lowest BCUT2D eigenvalue weighted by Crippen LogP contribution is -2.41. The Morgan fingerprint density at radius 1 is 1.05 bits per heavy atom. The van der Waals surface area contributed by atoms with E-state index in [-0.39, 0.29) is 12.3 Å². The van der Waals surface area contributed by atoms with Gasteiger partial charge in [-0.05, 0) is 35.4 Å². The summed E-state index contributed by atoms with van der Waals surface area (Å²) in [5, 5.41) is 7.00. The highest BCUT2D eigenvalue weighted by Gasteiger charge is 2.14. The Balaban J connectivity index is 1.85. The Labute approximate surface area is 121 Å². The van der Waals surface area contributed by atoms with Crippen molar-refractivity contribution in [1.82, 2.24) is 5.10 Å². The molecular weight excluding hydrogens is 272 g/mol. The van der Waals surface area contributed by atoms with Gasteiger partial charge in [0, 0.05) is 21.4 Å². The predicted molar refractivity (Wildman–Crippen MR) is 77.7 cm³/mol. The SMILES string of the molecule is O=C(C[n+]1cc2ccccc2cn1)c1ccc(Cl)cc1. The van der Waals surface area contributed by atoms with Gasteiger partial charge in [-0.1, -0.05) is 34.5 Å². The van der Waals surface area contributed by atoms with Gasteiger partial charge in [-0.15, -0.1) is 0 Å². The molecule has 3 nitrogen and oxygen atoms in total. The van der Waals surface area contributed by atoms with Crippen molar-refractivity contribution in [1.29, 1.82) is 0 Å². The molecule has 4 heteroatoms. The van der Waals surface area contributed by atoms with Gasteiger partial charge in [0.05, 0.1) is 0 Å². The third kappa shape index (κ3) is 2.68. The second-order valence-electron chi connectivity index (χ2n) is 4.53. The molecule has 0 amide bonds. The van der Waals surface area contributed by atoms with Crippen molar-refractivity contribution in [3.05, 3.63) is 71.5 Å². The van der Waals surface area contributed by atoms with Crippen molar-refractivity contribution in [2.45, 2.75) is 6.54 Å². The minimum Gasteiger partial charge on any atom is -0.287 e. The lowest BCUT2D eigenvalue weighted by atomic mass is 10.1. The van der Waals surface area contributed by atoms with Gasteiger partial charge in [0.25, 0.3) is 0 Å². The number of Topliss-reactive ketones (excluding diaryl/α,β-unsaturated/α-hetero) is 1. The Kier molecular flexibility index (Phi) is 3.44. The molecule has 0 radical (unpaired) electrons. The van der Waals surface area contributed by atoms with Crippen LogP contribution in [0.4, 0.5) is 0 Å². The van der Waals surface area contributed by atoms with Gasteiger partial charge in [0.15, 0.2) is 0 Å². The Hall–Kier alpha value is -2.26. The highest BCUT2D eigenvalue weighted by atomic mass is 35.5. The van der Waals surface area contributed by atoms with Crippen LogP contribution in [0.2, 0.25) is 5.02 Å². The van der Waals surface area contributed by atoms with E-state index in [1.165, 1.54) is 0 Å². The third-order valence-electron chi connectivity index (χ3n) is 3.10. The van der Waals surface area contributed by atoms with Gasteiger partial charge in [-0.3, -0.25) is 4.79 Å². The molecule has 3 aromatic rings. The maximum atomic E-state index is 12.2. The first kappa shape index (κ1) is 12.8. The van der Waals surface area contributed by atoms with Crippen LogP contribution in [0.1, 0.15) is 10.4 Å². The van der Waals surface area contributed by atoms with Crippen LogP contribution in [-0.2, 0) is 6.54 Å². The molecule has 98 valence electrons. The van der Waals surface area contributed by atoms with E-state index in [4.69, 9.17) is 11.6 Å². The minimum atomic E-state index is 0.00875. The molecule has 0 N–H and O–H groups in total. The van der Waals surface area contributed by atoms with Crippen LogP contribution in [0.5, 0.6) is 0 Å². The van der Waals surface area contributed by atoms with Gasteiger partial charge in [-0.25, -0.2) is 0 Å². The minimum absolute atomic E-state index is 0.00875. The molecule has 0 aliphatic rings. The summed E-state index contributed by atoms with van der Waals surface area (Å²) in [5.74, 6) is 0.00875. The van der Waals surface area contributed by atoms with Gasteiger partial charge in [-0.2, -0.15) is 0 Å². The molecule has 0 spiro atoms. The predicted octanol–water partition coefficient (Wildman–Crippen LogP) is 3.06. The average molecular weight is 284 g/mol. The summed E-state index contributed by atoms with van der Waals surface area (Å²) >= 11 is 5.81. The zero-order chi connectivity index (χ0) is 13.9. The van der Waals surface area contributed by atoms with E-state index in [1.54, 1.807) is 35.1 Å². The fraction of sp³-hybridized carbons (Fsp3) is 0.0625. The topological polar surface area (TPSA) is 33.8 Å². The largest absolute Gasteiger partial charge is 0.287 e. The number of hydrogen-bond acceptors (Lipinski definition) is 2. The Morgan fingerprint density at radius 2 is 1.75 bits per heavy atom. The van der Waals surface area contributed by atoms with E-state index in [2.05, 4.69) is 5.10 Å². The average Bonchev–Trinajstić information content (AvgIpc) is 2.48. The molecule has 0 atom stereocenters. The normalized spacial score (nSPS) is 10.7. The standard InChI is InChI=1S/C16H12ClN2O/c17-15-7-5-12(6-8-15)16(20)11-19-10-14-4-2-1-3-13(14)9-18-19/h1-10H,11H2/q+1. The van der Waals surface area contributed by atoms with E-state index in [1.807, 2.05) is 30.5 Å². The number of fused-ring (bicyclic) bond motifs is 1. The van der Waals surface area contributed by atoms with Crippen LogP contribution in [0, 0.1) is 0 Å². The van der Waals surface area contributed by atoms with Gasteiger partial charge < -0.3 is 0 Å². The molecule has 2 aromatic carbocycles. The summed E-state index contributed by atoms with van der Waals surface area (Å²) in [7, 11) is 0. The number of nitrogens with zero attached hydrogens (tertiary/aromatic N) is 2. The number of rotatable bonds is 3. The highest BCUT2D eigenvalue weighted by Crippen LogP contribution is 2.11. The summed E-state index contributed by atoms with van der Waals surface area (Å²) in [6.07, 6.45) is 3.65. The summed E-state index contributed by atoms with van der Waals surface area (Å²) in [6.45, 7) is 0.215. The first-order chi connectivity index (χ1) is 9.72. The molecule has 0 fully saturated rings. The van der Waals surface area contributed by atoms with Crippen LogP contribution in [0.3, 0.4) is 0 Å². The highest BCUT2D eigenvalue weighted by molar-refractivity contribution is 6.30. The van der Waals surface area contributed by atoms with Crippen molar-refractivity contribution in [2.24, 2.45) is 0 Å². The molecule has 20 heavy (non-hydrogen) atoms. The number of carbonyl (C=O) groups excluding carboxylic acids is 1. The van der Waals surface area contributed by atoms with E-state index in [0.717, 1.165) is 10.8 Å². The zero-order valence-electron chi connectivity index (χ0n) is 10.7. The monoisotopic (exact) mass is 283 g/mol. The van der Waals surface area contributed by atoms with Crippen molar-refractivity contribution in [3.63, 3.8) is 0 Å². The van der Waals surface area contributed by atoms with Crippen molar-refractivity contribution in [2.75, 3.05) is 0 Å². The van der Waals surface area contributed by atoms with Gasteiger partial charge in [0.2, 0.25) is 18.5 Å². The third-order valence-corrected chi connectivity index (χ3v) is 3.35. The van der Waals surface area contributed by atoms with E-state index < -0.39 is 0 Å². The molecule has 0 unspecified atom stereocenters. The van der Waals surface area contributed by atoms with Crippen LogP contribution < -0.4 is 4.68 Å². The lowest BCUT2D eigenvalue weighted by molar-refractivity contribution is -0.740. The molecule has 0 saturated heterocycles. The van der Waals surface area contributed by atoms with Gasteiger partial charge in [0.1, 0.15) is 6.20 Å². The summed E-state index contributed by atoms with van der Waals surface area (Å²) in [6, 6.07) is 14.8. The Bertz CT molecular complexity index is 769. The zero-order valence-corrected chi connectivity index (χ0v) is 11.4. The van der Waals surface area contributed by atoms with Crippen molar-refractivity contribution >= 4 is 28.2 Å². The number of aromatic nitrogens is 2. The van der Waals surface area contributed by atoms with Crippen LogP contribution in [0.25, 0.3) is 10.8 Å². The molecule has 0 saturated carbocycles. The molecule has 0 aliphatic carbocycles. The number of halogens is 1. The first-order valence-electron chi connectivity index (χ1n) is 6.26. The Morgan fingerprint density at radius 3 is 2.50 bits per heavy atom. The van der Waals surface area contributed by atoms with Crippen LogP contribution in [0.15, 0.2) is 60.9 Å². The summed E-state index contributed by atoms with van der Waals surface area (Å²) < 4.78 is 1.65. The quantitative estimate of drug-likeness (QED) is 0.547. The maximum absolute atomic E-state index is 12.2. The number of carbonyl (C=O) groups is 1. The van der Waals surface area contributed by atoms with Gasteiger partial charge >= 0.3 is 0 Å². The van der Waals surface area contributed by atoms with Crippen LogP contribution in [-0.4, -0.2) is 10.9 Å². The number of hydrogen-bond donors (Lipinski definition) is 0. The fourth-order valence-electron chi connectivity index (χ4n) is 2.04. The van der Waals surface area contributed by atoms with E-state index in [9.17, 15) is 4.79 Å². The molecule has 1 aromatic heterocycles. The van der Waals surface area contributed by atoms with Crippen molar-refractivity contribution in [3.8, 4) is 0 Å². The van der Waals surface area contributed by atoms with E-state index in [0.29, 0.717) is 10.6 Å². The molecule has 1 heterocycles. The molecule has 0 bridgehead atoms. The summed E-state index contributed by atoms with van der Waals surface area (Å²) in [5.41, 5.74) is 0.636. The summed E-state index contributed by atoms with van der Waals surface area (Å²) in [4.78, 5) is 12.2. The maximum Gasteiger partial charge on any atom is 0.236 e.